The molecule has 1 aromatic carbocycles. The number of benzene rings is 1. The summed E-state index contributed by atoms with van der Waals surface area (Å²) in [4.78, 5) is 4.44. The van der Waals surface area contributed by atoms with Gasteiger partial charge in [-0.3, -0.25) is 0 Å². The third-order valence-corrected chi connectivity index (χ3v) is 4.68. The van der Waals surface area contributed by atoms with Crippen LogP contribution in [-0.2, 0) is 16.0 Å². The molecule has 0 aliphatic carbocycles. The lowest BCUT2D eigenvalue weighted by Crippen LogP contribution is -2.38. The van der Waals surface area contributed by atoms with E-state index in [1.165, 1.54) is 12.1 Å². The summed E-state index contributed by atoms with van der Waals surface area (Å²) in [6.07, 6.45) is 2.97. The van der Waals surface area contributed by atoms with Gasteiger partial charge in [-0.2, -0.15) is 8.78 Å². The molecule has 172 valence electrons. The van der Waals surface area contributed by atoms with E-state index < -0.39 is 6.61 Å². The molecule has 2 rings (SSSR count). The first kappa shape index (κ1) is 27.1. The fourth-order valence-electron chi connectivity index (χ4n) is 2.93. The molecular weight excluding hydrogens is 531 g/mol. The third kappa shape index (κ3) is 10.9. The Morgan fingerprint density at radius 3 is 2.77 bits per heavy atom. The number of alkyl halides is 2. The highest BCUT2D eigenvalue weighted by Gasteiger charge is 2.13. The van der Waals surface area contributed by atoms with Crippen molar-refractivity contribution in [3.05, 3.63) is 28.8 Å². The van der Waals surface area contributed by atoms with Crippen molar-refractivity contribution in [2.75, 3.05) is 39.5 Å². The summed E-state index contributed by atoms with van der Waals surface area (Å²) in [6.45, 7) is 3.70. The number of guanidine groups is 1. The fraction of sp³-hybridized carbons (Fsp3) is 0.650. The Bertz CT molecular complexity index is 635. The van der Waals surface area contributed by atoms with Crippen molar-refractivity contribution in [1.29, 1.82) is 0 Å². The maximum atomic E-state index is 12.6. The molecule has 0 spiro atoms. The van der Waals surface area contributed by atoms with Gasteiger partial charge >= 0.3 is 6.61 Å². The van der Waals surface area contributed by atoms with Crippen LogP contribution in [0.3, 0.4) is 0 Å². The van der Waals surface area contributed by atoms with Crippen LogP contribution in [0, 0.1) is 5.92 Å². The van der Waals surface area contributed by atoms with Crippen molar-refractivity contribution in [1.82, 2.24) is 10.6 Å². The van der Waals surface area contributed by atoms with Crippen molar-refractivity contribution in [2.45, 2.75) is 39.3 Å². The molecule has 0 bridgehead atoms. The lowest BCUT2D eigenvalue weighted by molar-refractivity contribution is -0.0504. The molecule has 0 unspecified atom stereocenters. The van der Waals surface area contributed by atoms with E-state index in [1.807, 2.05) is 6.92 Å². The number of nitrogens with one attached hydrogen (secondary N) is 2. The van der Waals surface area contributed by atoms with Crippen LogP contribution in [0.5, 0.6) is 5.75 Å². The highest BCUT2D eigenvalue weighted by Crippen LogP contribution is 2.25. The first-order chi connectivity index (χ1) is 14.1. The fourth-order valence-corrected chi connectivity index (χ4v) is 3.13. The minimum absolute atomic E-state index is 0. The lowest BCUT2D eigenvalue weighted by atomic mass is 10.0. The largest absolute Gasteiger partial charge is 0.434 e. The molecule has 1 aromatic rings. The minimum atomic E-state index is -2.90. The molecule has 6 nitrogen and oxygen atoms in total. The minimum Gasteiger partial charge on any atom is -0.434 e. The maximum absolute atomic E-state index is 12.6. The molecule has 0 atom stereocenters. The van der Waals surface area contributed by atoms with Crippen LogP contribution < -0.4 is 15.4 Å². The second-order valence-electron chi connectivity index (χ2n) is 6.74. The highest BCUT2D eigenvalue weighted by atomic mass is 127. The molecule has 1 heterocycles. The van der Waals surface area contributed by atoms with E-state index in [-0.39, 0.29) is 36.3 Å². The summed E-state index contributed by atoms with van der Waals surface area (Å²) in [5, 5.41) is 6.79. The number of ether oxygens (including phenoxy) is 3. The Morgan fingerprint density at radius 2 is 2.07 bits per heavy atom. The van der Waals surface area contributed by atoms with Gasteiger partial charge in [0.2, 0.25) is 0 Å². The molecule has 0 radical (unpaired) electrons. The zero-order valence-corrected chi connectivity index (χ0v) is 20.3. The standard InChI is InChI=1S/C20H30ClF2N3O3.HI/c1-2-24-20(25-8-3-9-28-14-15-6-10-27-11-7-15)26-13-16-12-17(21)4-5-18(16)29-19(22)23;/h4-5,12,15,19H,2-3,6-11,13-14H2,1H3,(H2,24,25,26);1H. The molecule has 30 heavy (non-hydrogen) atoms. The molecule has 1 aliphatic rings. The van der Waals surface area contributed by atoms with E-state index in [4.69, 9.17) is 21.1 Å². The summed E-state index contributed by atoms with van der Waals surface area (Å²) >= 11 is 5.97. The van der Waals surface area contributed by atoms with Gasteiger partial charge in [-0.1, -0.05) is 11.6 Å². The molecule has 0 aromatic heterocycles. The van der Waals surface area contributed by atoms with Crippen LogP contribution in [0.2, 0.25) is 5.02 Å². The predicted octanol–water partition coefficient (Wildman–Crippen LogP) is 4.45. The Labute approximate surface area is 199 Å². The third-order valence-electron chi connectivity index (χ3n) is 4.44. The van der Waals surface area contributed by atoms with E-state index >= 15 is 0 Å². The van der Waals surface area contributed by atoms with Gasteiger partial charge in [0.05, 0.1) is 6.54 Å². The van der Waals surface area contributed by atoms with Crippen molar-refractivity contribution in [3.8, 4) is 5.75 Å². The first-order valence-electron chi connectivity index (χ1n) is 9.99. The number of nitrogens with zero attached hydrogens (tertiary/aromatic N) is 1. The van der Waals surface area contributed by atoms with Gasteiger partial charge in [0.1, 0.15) is 5.75 Å². The number of hydrogen-bond donors (Lipinski definition) is 2. The second-order valence-corrected chi connectivity index (χ2v) is 7.17. The van der Waals surface area contributed by atoms with Gasteiger partial charge in [-0.25, -0.2) is 4.99 Å². The monoisotopic (exact) mass is 561 g/mol. The van der Waals surface area contributed by atoms with Gasteiger partial charge in [0.15, 0.2) is 5.96 Å². The number of halogens is 4. The predicted molar refractivity (Wildman–Crippen MR) is 125 cm³/mol. The van der Waals surface area contributed by atoms with E-state index in [2.05, 4.69) is 20.4 Å². The van der Waals surface area contributed by atoms with Crippen LogP contribution in [-0.4, -0.2) is 52.1 Å². The average Bonchev–Trinajstić information content (AvgIpc) is 2.70. The van der Waals surface area contributed by atoms with Crippen molar-refractivity contribution >= 4 is 41.5 Å². The van der Waals surface area contributed by atoms with E-state index in [1.54, 1.807) is 6.07 Å². The summed E-state index contributed by atoms with van der Waals surface area (Å²) in [5.74, 6) is 1.27. The number of aliphatic imine (C=N–C) groups is 1. The molecule has 2 N–H and O–H groups in total. The number of rotatable bonds is 11. The molecule has 0 saturated carbocycles. The average molecular weight is 562 g/mol. The topological polar surface area (TPSA) is 64.1 Å². The molecule has 0 amide bonds. The Hall–Kier alpha value is -0.910. The van der Waals surface area contributed by atoms with Gasteiger partial charge in [0.25, 0.3) is 0 Å². The van der Waals surface area contributed by atoms with Crippen molar-refractivity contribution < 1.29 is 23.0 Å². The summed E-state index contributed by atoms with van der Waals surface area (Å²) in [6, 6.07) is 4.52. The first-order valence-corrected chi connectivity index (χ1v) is 10.4. The second kappa shape index (κ2) is 15.8. The normalized spacial score (nSPS) is 15.0. The maximum Gasteiger partial charge on any atom is 0.387 e. The summed E-state index contributed by atoms with van der Waals surface area (Å²) in [7, 11) is 0. The van der Waals surface area contributed by atoms with E-state index in [0.717, 1.165) is 39.1 Å². The van der Waals surface area contributed by atoms with Gasteiger partial charge in [-0.05, 0) is 50.3 Å². The zero-order chi connectivity index (χ0) is 20.9. The summed E-state index contributed by atoms with van der Waals surface area (Å²) < 4.78 is 40.8. The van der Waals surface area contributed by atoms with E-state index in [9.17, 15) is 8.78 Å². The Balaban J connectivity index is 0.00000450. The summed E-state index contributed by atoms with van der Waals surface area (Å²) in [5.41, 5.74) is 0.495. The van der Waals surface area contributed by atoms with E-state index in [0.29, 0.717) is 42.2 Å². The highest BCUT2D eigenvalue weighted by molar-refractivity contribution is 14.0. The molecule has 10 heteroatoms. The van der Waals surface area contributed by atoms with Crippen LogP contribution in [0.15, 0.2) is 23.2 Å². The number of hydrogen-bond acceptors (Lipinski definition) is 4. The van der Waals surface area contributed by atoms with Crippen LogP contribution in [0.1, 0.15) is 31.7 Å². The Kier molecular flexibility index (Phi) is 14.3. The van der Waals surface area contributed by atoms with Crippen LogP contribution in [0.25, 0.3) is 0 Å². The molecule has 1 saturated heterocycles. The molecule has 1 fully saturated rings. The molecular formula is C20H31ClF2IN3O3. The van der Waals surface area contributed by atoms with Gasteiger partial charge < -0.3 is 24.8 Å². The smallest absolute Gasteiger partial charge is 0.387 e. The molecule has 1 aliphatic heterocycles. The SMILES string of the molecule is CCNC(=NCc1cc(Cl)ccc1OC(F)F)NCCCOCC1CCOCC1.I. The van der Waals surface area contributed by atoms with Crippen LogP contribution in [0.4, 0.5) is 8.78 Å². The van der Waals surface area contributed by atoms with Gasteiger partial charge in [0, 0.05) is 50.1 Å². The zero-order valence-electron chi connectivity index (χ0n) is 17.2. The van der Waals surface area contributed by atoms with Gasteiger partial charge in [-0.15, -0.1) is 24.0 Å². The van der Waals surface area contributed by atoms with Crippen LogP contribution >= 0.6 is 35.6 Å². The quantitative estimate of drug-likeness (QED) is 0.181. The van der Waals surface area contributed by atoms with Crippen molar-refractivity contribution in [3.63, 3.8) is 0 Å². The van der Waals surface area contributed by atoms with Crippen molar-refractivity contribution in [2.24, 2.45) is 10.9 Å². The lowest BCUT2D eigenvalue weighted by Gasteiger charge is -2.21. The Morgan fingerprint density at radius 1 is 1.30 bits per heavy atom.